The van der Waals surface area contributed by atoms with Gasteiger partial charge in [-0.15, -0.1) is 0 Å². The van der Waals surface area contributed by atoms with Gasteiger partial charge in [0.2, 0.25) is 0 Å². The highest BCUT2D eigenvalue weighted by Gasteiger charge is 2.32. The van der Waals surface area contributed by atoms with Crippen LogP contribution in [0, 0.1) is 0 Å². The zero-order valence-electron chi connectivity index (χ0n) is 14.1. The number of carbonyl (C=O) groups is 1. The van der Waals surface area contributed by atoms with Crippen LogP contribution < -0.4 is 5.46 Å². The highest BCUT2D eigenvalue weighted by Crippen LogP contribution is 2.21. The summed E-state index contributed by atoms with van der Waals surface area (Å²) in [5, 5.41) is 0. The van der Waals surface area contributed by atoms with Crippen molar-refractivity contribution in [2.75, 3.05) is 13.2 Å². The molecular weight excluding hydrogens is 277 g/mol. The SMILES string of the molecule is Bc1ccc(COC[C@@H]2CCCN2C(=O)OC(C)(C)C)cc1. The van der Waals surface area contributed by atoms with Crippen molar-refractivity contribution in [3.63, 3.8) is 0 Å². The van der Waals surface area contributed by atoms with Crippen molar-refractivity contribution >= 4 is 19.4 Å². The molecule has 0 aromatic heterocycles. The van der Waals surface area contributed by atoms with E-state index in [4.69, 9.17) is 9.47 Å². The maximum Gasteiger partial charge on any atom is 0.410 e. The standard InChI is InChI=1S/C17H26BNO3/c1-17(2,3)22-16(20)19-10-4-5-15(19)12-21-11-13-6-8-14(18)9-7-13/h6-9,15H,4-5,10-12,18H2,1-3H3/t15-/m0/s1. The Kier molecular flexibility index (Phi) is 5.51. The molecule has 1 fully saturated rings. The highest BCUT2D eigenvalue weighted by molar-refractivity contribution is 6.32. The van der Waals surface area contributed by atoms with Gasteiger partial charge in [0, 0.05) is 6.54 Å². The van der Waals surface area contributed by atoms with Crippen molar-refractivity contribution in [2.45, 2.75) is 51.9 Å². The van der Waals surface area contributed by atoms with Gasteiger partial charge in [-0.05, 0) is 39.2 Å². The lowest BCUT2D eigenvalue weighted by molar-refractivity contribution is 0.00883. The van der Waals surface area contributed by atoms with E-state index in [2.05, 4.69) is 32.1 Å². The summed E-state index contributed by atoms with van der Waals surface area (Å²) in [7, 11) is 2.07. The van der Waals surface area contributed by atoms with Crippen LogP contribution in [0.25, 0.3) is 0 Å². The number of nitrogens with zero attached hydrogens (tertiary/aromatic N) is 1. The molecule has 1 amide bonds. The molecule has 1 heterocycles. The molecule has 0 radical (unpaired) electrons. The Morgan fingerprint density at radius 1 is 1.32 bits per heavy atom. The van der Waals surface area contributed by atoms with Crippen LogP contribution in [0.3, 0.4) is 0 Å². The van der Waals surface area contributed by atoms with E-state index in [1.54, 1.807) is 4.90 Å². The molecule has 1 aromatic rings. The molecule has 0 N–H and O–H groups in total. The van der Waals surface area contributed by atoms with E-state index in [0.29, 0.717) is 13.2 Å². The Labute approximate surface area is 134 Å². The Hall–Kier alpha value is -1.49. The van der Waals surface area contributed by atoms with Crippen LogP contribution in [0.1, 0.15) is 39.2 Å². The normalized spacial score (nSPS) is 18.5. The number of hydrogen-bond donors (Lipinski definition) is 0. The third kappa shape index (κ3) is 5.06. The van der Waals surface area contributed by atoms with Crippen molar-refractivity contribution in [1.82, 2.24) is 4.90 Å². The van der Waals surface area contributed by atoms with E-state index in [0.717, 1.165) is 24.9 Å². The maximum absolute atomic E-state index is 12.2. The van der Waals surface area contributed by atoms with Gasteiger partial charge in [-0.1, -0.05) is 29.7 Å². The molecule has 0 unspecified atom stereocenters. The summed E-state index contributed by atoms with van der Waals surface area (Å²) in [6.45, 7) is 7.58. The number of benzene rings is 1. The second kappa shape index (κ2) is 7.18. The maximum atomic E-state index is 12.2. The van der Waals surface area contributed by atoms with E-state index < -0.39 is 5.60 Å². The fraction of sp³-hybridized carbons (Fsp3) is 0.588. The van der Waals surface area contributed by atoms with E-state index in [1.165, 1.54) is 5.46 Å². The van der Waals surface area contributed by atoms with Gasteiger partial charge in [-0.3, -0.25) is 0 Å². The van der Waals surface area contributed by atoms with Crippen molar-refractivity contribution in [2.24, 2.45) is 0 Å². The number of carbonyl (C=O) groups excluding carboxylic acids is 1. The first-order valence-electron chi connectivity index (χ1n) is 7.98. The predicted octanol–water partition coefficient (Wildman–Crippen LogP) is 1.86. The smallest absolute Gasteiger partial charge is 0.410 e. The molecule has 0 spiro atoms. The average Bonchev–Trinajstić information content (AvgIpc) is 2.88. The molecule has 5 heteroatoms. The van der Waals surface area contributed by atoms with Crippen LogP contribution in [0.15, 0.2) is 24.3 Å². The quantitative estimate of drug-likeness (QED) is 0.797. The zero-order valence-corrected chi connectivity index (χ0v) is 14.1. The first kappa shape index (κ1) is 16.9. The van der Waals surface area contributed by atoms with Gasteiger partial charge in [0.1, 0.15) is 13.4 Å². The van der Waals surface area contributed by atoms with Crippen molar-refractivity contribution in [3.8, 4) is 0 Å². The molecule has 0 bridgehead atoms. The number of amides is 1. The minimum Gasteiger partial charge on any atom is -0.444 e. The second-order valence-electron chi connectivity index (χ2n) is 6.97. The van der Waals surface area contributed by atoms with E-state index in [9.17, 15) is 4.79 Å². The molecule has 4 nitrogen and oxygen atoms in total. The molecule has 1 aliphatic rings. The average molecular weight is 303 g/mol. The Balaban J connectivity index is 1.81. The van der Waals surface area contributed by atoms with Gasteiger partial charge in [-0.2, -0.15) is 0 Å². The molecule has 0 aliphatic carbocycles. The van der Waals surface area contributed by atoms with Crippen molar-refractivity contribution in [3.05, 3.63) is 29.8 Å². The van der Waals surface area contributed by atoms with Gasteiger partial charge >= 0.3 is 6.09 Å². The molecule has 2 rings (SSSR count). The number of likely N-dealkylation sites (tertiary alicyclic amines) is 1. The van der Waals surface area contributed by atoms with Crippen LogP contribution in [-0.4, -0.2) is 43.6 Å². The Morgan fingerprint density at radius 3 is 2.64 bits per heavy atom. The largest absolute Gasteiger partial charge is 0.444 e. The fourth-order valence-electron chi connectivity index (χ4n) is 2.57. The highest BCUT2D eigenvalue weighted by atomic mass is 16.6. The van der Waals surface area contributed by atoms with E-state index >= 15 is 0 Å². The summed E-state index contributed by atoms with van der Waals surface area (Å²) in [5.41, 5.74) is 1.95. The molecule has 120 valence electrons. The van der Waals surface area contributed by atoms with Crippen LogP contribution >= 0.6 is 0 Å². The molecule has 1 saturated heterocycles. The lowest BCUT2D eigenvalue weighted by Gasteiger charge is -2.28. The van der Waals surface area contributed by atoms with Crippen LogP contribution in [0.4, 0.5) is 4.79 Å². The summed E-state index contributed by atoms with van der Waals surface area (Å²) < 4.78 is 11.3. The second-order valence-corrected chi connectivity index (χ2v) is 6.97. The molecule has 22 heavy (non-hydrogen) atoms. The van der Waals surface area contributed by atoms with E-state index in [1.807, 2.05) is 20.8 Å². The monoisotopic (exact) mass is 303 g/mol. The molecule has 1 atom stereocenters. The summed E-state index contributed by atoms with van der Waals surface area (Å²) in [4.78, 5) is 14.0. The van der Waals surface area contributed by atoms with Crippen LogP contribution in [0.5, 0.6) is 0 Å². The fourth-order valence-corrected chi connectivity index (χ4v) is 2.57. The Morgan fingerprint density at radius 2 is 2.00 bits per heavy atom. The van der Waals surface area contributed by atoms with E-state index in [-0.39, 0.29) is 12.1 Å². The minimum absolute atomic E-state index is 0.125. The summed E-state index contributed by atoms with van der Waals surface area (Å²) in [5.74, 6) is 0. The molecule has 1 aliphatic heterocycles. The summed E-state index contributed by atoms with van der Waals surface area (Å²) >= 11 is 0. The van der Waals surface area contributed by atoms with Gasteiger partial charge in [0.25, 0.3) is 0 Å². The minimum atomic E-state index is -0.451. The molecule has 1 aromatic carbocycles. The van der Waals surface area contributed by atoms with Gasteiger partial charge in [-0.25, -0.2) is 4.79 Å². The zero-order chi connectivity index (χ0) is 16.2. The van der Waals surface area contributed by atoms with Gasteiger partial charge in [0.05, 0.1) is 19.3 Å². The van der Waals surface area contributed by atoms with Crippen molar-refractivity contribution < 1.29 is 14.3 Å². The summed E-state index contributed by atoms with van der Waals surface area (Å²) in [6.07, 6.45) is 1.76. The lowest BCUT2D eigenvalue weighted by atomic mass is 9.95. The first-order valence-corrected chi connectivity index (χ1v) is 7.98. The third-order valence-electron chi connectivity index (χ3n) is 3.70. The van der Waals surface area contributed by atoms with Crippen molar-refractivity contribution in [1.29, 1.82) is 0 Å². The first-order chi connectivity index (χ1) is 10.3. The number of hydrogen-bond acceptors (Lipinski definition) is 3. The molecular formula is C17H26BNO3. The lowest BCUT2D eigenvalue weighted by Crippen LogP contribution is -2.41. The van der Waals surface area contributed by atoms with Gasteiger partial charge in [0.15, 0.2) is 0 Å². The third-order valence-corrected chi connectivity index (χ3v) is 3.70. The summed E-state index contributed by atoms with van der Waals surface area (Å²) in [6, 6.07) is 8.45. The predicted molar refractivity (Wildman–Crippen MR) is 90.2 cm³/mol. The molecule has 0 saturated carbocycles. The van der Waals surface area contributed by atoms with Crippen LogP contribution in [-0.2, 0) is 16.1 Å². The Bertz CT molecular complexity index is 496. The van der Waals surface area contributed by atoms with Crippen LogP contribution in [0.2, 0.25) is 0 Å². The topological polar surface area (TPSA) is 38.8 Å². The number of rotatable bonds is 4. The number of ether oxygens (including phenoxy) is 2. The van der Waals surface area contributed by atoms with Gasteiger partial charge < -0.3 is 14.4 Å².